The summed E-state index contributed by atoms with van der Waals surface area (Å²) in [5.41, 5.74) is 1.06. The minimum atomic E-state index is -0.576. The van der Waals surface area contributed by atoms with Crippen LogP contribution >= 0.6 is 0 Å². The second-order valence-corrected chi connectivity index (χ2v) is 4.97. The van der Waals surface area contributed by atoms with E-state index in [0.717, 1.165) is 5.76 Å². The van der Waals surface area contributed by atoms with Crippen LogP contribution in [0.25, 0.3) is 0 Å². The number of furan rings is 1. The maximum absolute atomic E-state index is 12.0. The molecule has 1 aromatic heterocycles. The molecular formula is C16H19N3O4. The largest absolute Gasteiger partial charge is 0.464 e. The van der Waals surface area contributed by atoms with Crippen molar-refractivity contribution in [3.63, 3.8) is 0 Å². The Balaban J connectivity index is 1.94. The van der Waals surface area contributed by atoms with Crippen LogP contribution in [0.15, 0.2) is 40.8 Å². The topological polar surface area (TPSA) is 92.6 Å². The van der Waals surface area contributed by atoms with E-state index in [0.29, 0.717) is 17.1 Å². The number of hydrogen-bond donors (Lipinski definition) is 3. The van der Waals surface area contributed by atoms with Gasteiger partial charge in [-0.3, -0.25) is 5.32 Å². The lowest BCUT2D eigenvalue weighted by Crippen LogP contribution is -2.31. The lowest BCUT2D eigenvalue weighted by Gasteiger charge is -2.13. The van der Waals surface area contributed by atoms with Crippen molar-refractivity contribution in [3.05, 3.63) is 47.9 Å². The Morgan fingerprint density at radius 2 is 1.83 bits per heavy atom. The summed E-state index contributed by atoms with van der Waals surface area (Å²) in [4.78, 5) is 23.2. The number of aryl methyl sites for hydroxylation is 1. The van der Waals surface area contributed by atoms with Crippen LogP contribution in [0, 0.1) is 6.92 Å². The third-order valence-electron chi connectivity index (χ3n) is 3.09. The van der Waals surface area contributed by atoms with Gasteiger partial charge in [-0.15, -0.1) is 0 Å². The first kappa shape index (κ1) is 16.4. The maximum Gasteiger partial charge on any atom is 0.411 e. The summed E-state index contributed by atoms with van der Waals surface area (Å²) in [6, 6.07) is 9.76. The molecule has 0 aliphatic rings. The molecule has 7 nitrogen and oxygen atoms in total. The van der Waals surface area contributed by atoms with E-state index >= 15 is 0 Å². The molecule has 1 atom stereocenters. The molecule has 7 heteroatoms. The van der Waals surface area contributed by atoms with E-state index in [1.54, 1.807) is 24.3 Å². The fourth-order valence-electron chi connectivity index (χ4n) is 1.96. The zero-order valence-electron chi connectivity index (χ0n) is 13.2. The van der Waals surface area contributed by atoms with Gasteiger partial charge in [0.15, 0.2) is 0 Å². The molecule has 0 aliphatic carbocycles. The molecule has 2 rings (SSSR count). The van der Waals surface area contributed by atoms with Gasteiger partial charge in [-0.05, 0) is 44.2 Å². The van der Waals surface area contributed by atoms with Crippen LogP contribution in [-0.2, 0) is 4.74 Å². The fraction of sp³-hybridized carbons (Fsp3) is 0.250. The third-order valence-corrected chi connectivity index (χ3v) is 3.09. The summed E-state index contributed by atoms with van der Waals surface area (Å²) in [5.74, 6) is 1.47. The fourth-order valence-corrected chi connectivity index (χ4v) is 1.96. The Labute approximate surface area is 134 Å². The van der Waals surface area contributed by atoms with Crippen LogP contribution in [-0.4, -0.2) is 19.2 Å². The van der Waals surface area contributed by atoms with Gasteiger partial charge in [0.1, 0.15) is 11.5 Å². The van der Waals surface area contributed by atoms with Crippen molar-refractivity contribution in [3.8, 4) is 0 Å². The van der Waals surface area contributed by atoms with Crippen molar-refractivity contribution >= 4 is 23.5 Å². The lowest BCUT2D eigenvalue weighted by molar-refractivity contribution is 0.187. The molecule has 0 bridgehead atoms. The Kier molecular flexibility index (Phi) is 5.24. The Hall–Kier alpha value is -2.96. The number of carbonyl (C=O) groups is 2. The third kappa shape index (κ3) is 4.77. The molecule has 3 N–H and O–H groups in total. The van der Waals surface area contributed by atoms with Gasteiger partial charge in [-0.25, -0.2) is 9.59 Å². The van der Waals surface area contributed by atoms with Crippen LogP contribution in [0.5, 0.6) is 0 Å². The number of rotatable bonds is 4. The molecule has 0 aliphatic heterocycles. The number of benzene rings is 1. The van der Waals surface area contributed by atoms with Crippen molar-refractivity contribution in [2.45, 2.75) is 19.9 Å². The van der Waals surface area contributed by atoms with Crippen LogP contribution < -0.4 is 16.0 Å². The highest BCUT2D eigenvalue weighted by molar-refractivity contribution is 5.91. The Morgan fingerprint density at radius 3 is 2.43 bits per heavy atom. The molecule has 0 saturated heterocycles. The van der Waals surface area contributed by atoms with Gasteiger partial charge in [-0.1, -0.05) is 6.07 Å². The van der Waals surface area contributed by atoms with Crippen molar-refractivity contribution in [2.75, 3.05) is 17.7 Å². The van der Waals surface area contributed by atoms with E-state index in [-0.39, 0.29) is 12.1 Å². The van der Waals surface area contributed by atoms with Gasteiger partial charge in [0.05, 0.1) is 13.2 Å². The molecule has 1 aromatic carbocycles. The van der Waals surface area contributed by atoms with Crippen molar-refractivity contribution in [1.29, 1.82) is 0 Å². The van der Waals surface area contributed by atoms with Crippen molar-refractivity contribution in [2.24, 2.45) is 0 Å². The van der Waals surface area contributed by atoms with Gasteiger partial charge in [0.2, 0.25) is 0 Å². The first-order valence-corrected chi connectivity index (χ1v) is 7.07. The lowest BCUT2D eigenvalue weighted by atomic mass is 10.2. The molecule has 1 heterocycles. The monoisotopic (exact) mass is 317 g/mol. The van der Waals surface area contributed by atoms with E-state index < -0.39 is 6.09 Å². The number of carbonyl (C=O) groups excluding carboxylic acids is 2. The smallest absolute Gasteiger partial charge is 0.411 e. The number of methoxy groups -OCH3 is 1. The Morgan fingerprint density at radius 1 is 1.13 bits per heavy atom. The van der Waals surface area contributed by atoms with Crippen LogP contribution in [0.2, 0.25) is 0 Å². The van der Waals surface area contributed by atoms with Gasteiger partial charge in [-0.2, -0.15) is 0 Å². The Bertz CT molecular complexity index is 696. The molecular weight excluding hydrogens is 298 g/mol. The average Bonchev–Trinajstić information content (AvgIpc) is 2.94. The van der Waals surface area contributed by atoms with Gasteiger partial charge in [0.25, 0.3) is 0 Å². The molecule has 0 fully saturated rings. The predicted octanol–water partition coefficient (Wildman–Crippen LogP) is 3.65. The standard InChI is InChI=1S/C16H19N3O4/c1-10-7-8-14(23-10)11(2)17-15(20)18-12-5-4-6-13(9-12)19-16(21)22-3/h4-9,11H,1-3H3,(H,19,21)(H2,17,18,20). The summed E-state index contributed by atoms with van der Waals surface area (Å²) in [6.45, 7) is 3.67. The van der Waals surface area contributed by atoms with Crippen LogP contribution in [0.3, 0.4) is 0 Å². The number of ether oxygens (including phenoxy) is 1. The second-order valence-electron chi connectivity index (χ2n) is 4.97. The SMILES string of the molecule is COC(=O)Nc1cccc(NC(=O)NC(C)c2ccc(C)o2)c1. The maximum atomic E-state index is 12.0. The molecule has 23 heavy (non-hydrogen) atoms. The number of urea groups is 1. The van der Waals surface area contributed by atoms with Crippen molar-refractivity contribution < 1.29 is 18.7 Å². The highest BCUT2D eigenvalue weighted by Crippen LogP contribution is 2.17. The zero-order valence-corrected chi connectivity index (χ0v) is 13.2. The number of amides is 3. The minimum absolute atomic E-state index is 0.264. The van der Waals surface area contributed by atoms with E-state index in [4.69, 9.17) is 4.42 Å². The highest BCUT2D eigenvalue weighted by atomic mass is 16.5. The first-order valence-electron chi connectivity index (χ1n) is 7.07. The number of nitrogens with one attached hydrogen (secondary N) is 3. The minimum Gasteiger partial charge on any atom is -0.464 e. The summed E-state index contributed by atoms with van der Waals surface area (Å²) < 4.78 is 9.99. The van der Waals surface area contributed by atoms with E-state index in [9.17, 15) is 9.59 Å². The summed E-state index contributed by atoms with van der Waals surface area (Å²) >= 11 is 0. The normalized spacial score (nSPS) is 11.4. The predicted molar refractivity (Wildman–Crippen MR) is 86.5 cm³/mol. The molecule has 0 spiro atoms. The highest BCUT2D eigenvalue weighted by Gasteiger charge is 2.13. The second kappa shape index (κ2) is 7.35. The van der Waals surface area contributed by atoms with E-state index in [1.807, 2.05) is 26.0 Å². The van der Waals surface area contributed by atoms with E-state index in [1.165, 1.54) is 7.11 Å². The molecule has 1 unspecified atom stereocenters. The molecule has 0 saturated carbocycles. The summed E-state index contributed by atoms with van der Waals surface area (Å²) in [7, 11) is 1.28. The van der Waals surface area contributed by atoms with Crippen molar-refractivity contribution in [1.82, 2.24) is 5.32 Å². The van der Waals surface area contributed by atoms with Gasteiger partial charge < -0.3 is 19.8 Å². The van der Waals surface area contributed by atoms with E-state index in [2.05, 4.69) is 20.7 Å². The van der Waals surface area contributed by atoms with Crippen LogP contribution in [0.4, 0.5) is 21.0 Å². The average molecular weight is 317 g/mol. The molecule has 0 radical (unpaired) electrons. The quantitative estimate of drug-likeness (QED) is 0.802. The molecule has 3 amide bonds. The zero-order chi connectivity index (χ0) is 16.8. The van der Waals surface area contributed by atoms with Gasteiger partial charge in [0, 0.05) is 11.4 Å². The number of anilines is 2. The summed E-state index contributed by atoms with van der Waals surface area (Å²) in [5, 5.41) is 8.00. The van der Waals surface area contributed by atoms with Gasteiger partial charge >= 0.3 is 12.1 Å². The number of hydrogen-bond acceptors (Lipinski definition) is 4. The molecule has 2 aromatic rings. The summed E-state index contributed by atoms with van der Waals surface area (Å²) in [6.07, 6.45) is -0.576. The molecule has 122 valence electrons. The van der Waals surface area contributed by atoms with Crippen LogP contribution in [0.1, 0.15) is 24.5 Å². The first-order chi connectivity index (χ1) is 11.0.